The average molecular weight is 296 g/mol. The van der Waals surface area contributed by atoms with Crippen LogP contribution in [0.3, 0.4) is 0 Å². The van der Waals surface area contributed by atoms with E-state index in [0.717, 1.165) is 5.56 Å². The van der Waals surface area contributed by atoms with Crippen LogP contribution in [0.2, 0.25) is 5.02 Å². The zero-order valence-corrected chi connectivity index (χ0v) is 11.0. The molecule has 7 nitrogen and oxygen atoms in total. The van der Waals surface area contributed by atoms with Crippen LogP contribution in [0.1, 0.15) is 5.56 Å². The van der Waals surface area contributed by atoms with E-state index in [0.29, 0.717) is 13.0 Å². The molecule has 0 amide bonds. The molecule has 1 aromatic heterocycles. The molecule has 8 heteroatoms. The number of aromatic amines is 1. The molecule has 1 N–H and O–H groups in total. The van der Waals surface area contributed by atoms with Gasteiger partial charge in [0.1, 0.15) is 5.02 Å². The van der Waals surface area contributed by atoms with Gasteiger partial charge in [0.15, 0.2) is 0 Å². The second kappa shape index (κ2) is 5.70. The van der Waals surface area contributed by atoms with Crippen molar-refractivity contribution in [2.45, 2.75) is 13.0 Å². The number of hydrogen-bond acceptors (Lipinski definition) is 4. The Morgan fingerprint density at radius 1 is 1.25 bits per heavy atom. The van der Waals surface area contributed by atoms with E-state index in [1.54, 1.807) is 12.1 Å². The lowest BCUT2D eigenvalue weighted by Crippen LogP contribution is -2.30. The van der Waals surface area contributed by atoms with E-state index in [-0.39, 0.29) is 10.7 Å². The van der Waals surface area contributed by atoms with Crippen LogP contribution < -0.4 is 11.2 Å². The second-order valence-electron chi connectivity index (χ2n) is 4.10. The molecule has 0 atom stereocenters. The molecule has 0 fully saturated rings. The van der Waals surface area contributed by atoms with Crippen LogP contribution in [0, 0.1) is 10.1 Å². The number of halogens is 1. The topological polar surface area (TPSA) is 98.0 Å². The zero-order chi connectivity index (χ0) is 14.7. The Hall–Kier alpha value is -2.41. The number of hydrogen-bond donors (Lipinski definition) is 1. The number of aryl methyl sites for hydroxylation is 2. The Labute approximate surface area is 117 Å². The van der Waals surface area contributed by atoms with Crippen LogP contribution in [-0.2, 0) is 13.0 Å². The van der Waals surface area contributed by atoms with E-state index in [9.17, 15) is 19.7 Å². The van der Waals surface area contributed by atoms with Crippen molar-refractivity contribution in [2.75, 3.05) is 0 Å². The van der Waals surface area contributed by atoms with Gasteiger partial charge in [-0.3, -0.25) is 24.5 Å². The van der Waals surface area contributed by atoms with Gasteiger partial charge in [-0.1, -0.05) is 23.7 Å². The first-order chi connectivity index (χ1) is 9.47. The standard InChI is InChI=1S/C12H10ClN3O4/c13-10-7-15(12(18)14-11(10)17)6-5-8-1-3-9(4-2-8)16(19)20/h1-4,7H,5-6H2,(H,14,17,18). The third kappa shape index (κ3) is 3.12. The molecule has 1 heterocycles. The van der Waals surface area contributed by atoms with Crippen molar-refractivity contribution in [2.24, 2.45) is 0 Å². The van der Waals surface area contributed by atoms with Gasteiger partial charge in [-0.2, -0.15) is 0 Å². The number of nitrogens with zero attached hydrogens (tertiary/aromatic N) is 2. The summed E-state index contributed by atoms with van der Waals surface area (Å²) in [6, 6.07) is 6.04. The molecule has 0 radical (unpaired) electrons. The molecule has 0 saturated carbocycles. The Morgan fingerprint density at radius 2 is 1.90 bits per heavy atom. The number of non-ortho nitro benzene ring substituents is 1. The fourth-order valence-corrected chi connectivity index (χ4v) is 1.85. The number of nitro groups is 1. The summed E-state index contributed by atoms with van der Waals surface area (Å²) in [7, 11) is 0. The maximum absolute atomic E-state index is 11.5. The number of rotatable bonds is 4. The highest BCUT2D eigenvalue weighted by Crippen LogP contribution is 2.12. The molecular formula is C12H10ClN3O4. The monoisotopic (exact) mass is 295 g/mol. The highest BCUT2D eigenvalue weighted by molar-refractivity contribution is 6.30. The summed E-state index contributed by atoms with van der Waals surface area (Å²) in [6.07, 6.45) is 1.76. The van der Waals surface area contributed by atoms with Crippen molar-refractivity contribution in [1.29, 1.82) is 0 Å². The molecule has 0 aliphatic carbocycles. The first-order valence-electron chi connectivity index (χ1n) is 5.70. The van der Waals surface area contributed by atoms with E-state index in [4.69, 9.17) is 11.6 Å². The van der Waals surface area contributed by atoms with Crippen molar-refractivity contribution >= 4 is 17.3 Å². The molecule has 1 aromatic carbocycles. The van der Waals surface area contributed by atoms with Gasteiger partial charge < -0.3 is 0 Å². The molecule has 0 saturated heterocycles. The number of aromatic nitrogens is 2. The fourth-order valence-electron chi connectivity index (χ4n) is 1.68. The molecule has 0 aliphatic heterocycles. The predicted octanol–water partition coefficient (Wildman–Crippen LogP) is 1.34. The average Bonchev–Trinajstić information content (AvgIpc) is 2.42. The highest BCUT2D eigenvalue weighted by atomic mass is 35.5. The van der Waals surface area contributed by atoms with Crippen molar-refractivity contribution in [3.05, 3.63) is 72.0 Å². The summed E-state index contributed by atoms with van der Waals surface area (Å²) in [4.78, 5) is 34.8. The number of nitro benzene ring substituents is 1. The smallest absolute Gasteiger partial charge is 0.299 e. The van der Waals surface area contributed by atoms with Crippen molar-refractivity contribution in [3.63, 3.8) is 0 Å². The van der Waals surface area contributed by atoms with Gasteiger partial charge in [-0.05, 0) is 12.0 Å². The minimum atomic E-state index is -0.622. The van der Waals surface area contributed by atoms with E-state index in [1.165, 1.54) is 22.9 Å². The third-order valence-electron chi connectivity index (χ3n) is 2.76. The van der Waals surface area contributed by atoms with Crippen LogP contribution in [0.5, 0.6) is 0 Å². The normalized spacial score (nSPS) is 10.4. The fraction of sp³-hybridized carbons (Fsp3) is 0.167. The molecule has 0 spiro atoms. The molecule has 2 aromatic rings. The van der Waals surface area contributed by atoms with Crippen molar-refractivity contribution in [3.8, 4) is 0 Å². The van der Waals surface area contributed by atoms with Crippen molar-refractivity contribution in [1.82, 2.24) is 9.55 Å². The van der Waals surface area contributed by atoms with E-state index in [2.05, 4.69) is 4.98 Å². The molecule has 104 valence electrons. The van der Waals surface area contributed by atoms with Crippen LogP contribution in [0.25, 0.3) is 0 Å². The Balaban J connectivity index is 2.13. The summed E-state index contributed by atoms with van der Waals surface area (Å²) in [6.45, 7) is 0.313. The van der Waals surface area contributed by atoms with Crippen LogP contribution in [-0.4, -0.2) is 14.5 Å². The Morgan fingerprint density at radius 3 is 2.50 bits per heavy atom. The summed E-state index contributed by atoms with van der Waals surface area (Å²) < 4.78 is 1.28. The number of H-pyrrole nitrogens is 1. The predicted molar refractivity (Wildman–Crippen MR) is 73.1 cm³/mol. The van der Waals surface area contributed by atoms with Crippen LogP contribution in [0.15, 0.2) is 40.1 Å². The molecule has 0 unspecified atom stereocenters. The van der Waals surface area contributed by atoms with E-state index < -0.39 is 16.2 Å². The van der Waals surface area contributed by atoms with Crippen molar-refractivity contribution < 1.29 is 4.92 Å². The quantitative estimate of drug-likeness (QED) is 0.679. The van der Waals surface area contributed by atoms with E-state index in [1.807, 2.05) is 0 Å². The molecule has 0 aliphatic rings. The summed E-state index contributed by atoms with van der Waals surface area (Å²) in [5, 5.41) is 10.5. The molecule has 20 heavy (non-hydrogen) atoms. The number of nitrogens with one attached hydrogen (secondary N) is 1. The SMILES string of the molecule is O=c1[nH]c(=O)n(CCc2ccc([N+](=O)[O-])cc2)cc1Cl. The largest absolute Gasteiger partial charge is 0.328 e. The number of benzene rings is 1. The lowest BCUT2D eigenvalue weighted by atomic mass is 10.1. The van der Waals surface area contributed by atoms with Gasteiger partial charge in [0.05, 0.1) is 4.92 Å². The molecule has 0 bridgehead atoms. The lowest BCUT2D eigenvalue weighted by molar-refractivity contribution is -0.384. The zero-order valence-electron chi connectivity index (χ0n) is 10.2. The minimum Gasteiger partial charge on any atom is -0.299 e. The van der Waals surface area contributed by atoms with Crippen LogP contribution in [0.4, 0.5) is 5.69 Å². The summed E-state index contributed by atoms with van der Waals surface area (Å²) in [5.41, 5.74) is -0.313. The van der Waals surface area contributed by atoms with E-state index >= 15 is 0 Å². The van der Waals surface area contributed by atoms with Gasteiger partial charge in [0.25, 0.3) is 11.2 Å². The molecule has 2 rings (SSSR count). The lowest BCUT2D eigenvalue weighted by Gasteiger charge is -2.05. The first kappa shape index (κ1) is 14.0. The van der Waals surface area contributed by atoms with Gasteiger partial charge in [0.2, 0.25) is 0 Å². The first-order valence-corrected chi connectivity index (χ1v) is 6.08. The third-order valence-corrected chi connectivity index (χ3v) is 3.03. The van der Waals surface area contributed by atoms with Crippen LogP contribution >= 0.6 is 11.6 Å². The Bertz CT molecular complexity index is 749. The summed E-state index contributed by atoms with van der Waals surface area (Å²) >= 11 is 5.64. The van der Waals surface area contributed by atoms with Gasteiger partial charge in [0, 0.05) is 24.9 Å². The molecular weight excluding hydrogens is 286 g/mol. The maximum Gasteiger partial charge on any atom is 0.328 e. The van der Waals surface area contributed by atoms with Gasteiger partial charge in [-0.25, -0.2) is 4.79 Å². The minimum absolute atomic E-state index is 0.0120. The summed E-state index contributed by atoms with van der Waals surface area (Å²) in [5.74, 6) is 0. The van der Waals surface area contributed by atoms with Gasteiger partial charge in [-0.15, -0.1) is 0 Å². The Kier molecular flexibility index (Phi) is 3.99. The highest BCUT2D eigenvalue weighted by Gasteiger charge is 2.05. The second-order valence-corrected chi connectivity index (χ2v) is 4.51. The maximum atomic E-state index is 11.5. The van der Waals surface area contributed by atoms with Gasteiger partial charge >= 0.3 is 5.69 Å².